The van der Waals surface area contributed by atoms with Crippen molar-refractivity contribution < 1.29 is 27.5 Å². The molecular formula is C8H3ClF4O2. The number of carbonyl (C=O) groups is 1. The van der Waals surface area contributed by atoms with Crippen molar-refractivity contribution >= 4 is 17.6 Å². The number of aromatic carboxylic acids is 1. The molecule has 0 fully saturated rings. The molecule has 0 radical (unpaired) electrons. The predicted molar refractivity (Wildman–Crippen MR) is 43.4 cm³/mol. The fourth-order valence-corrected chi connectivity index (χ4v) is 1.21. The summed E-state index contributed by atoms with van der Waals surface area (Å²) >= 11 is 5.07. The van der Waals surface area contributed by atoms with Gasteiger partial charge in [0.15, 0.2) is 5.82 Å². The molecule has 0 aliphatic carbocycles. The van der Waals surface area contributed by atoms with Crippen LogP contribution in [0.3, 0.4) is 0 Å². The number of carboxylic acid groups (broad SMARTS) is 1. The highest BCUT2D eigenvalue weighted by molar-refractivity contribution is 6.32. The van der Waals surface area contributed by atoms with Crippen LogP contribution in [-0.4, -0.2) is 11.1 Å². The first-order chi connectivity index (χ1) is 6.75. The number of alkyl halides is 3. The maximum atomic E-state index is 13.0. The quantitative estimate of drug-likeness (QED) is 0.768. The zero-order chi connectivity index (χ0) is 11.8. The molecule has 1 N–H and O–H groups in total. The Balaban J connectivity index is 3.41. The second-order valence-corrected chi connectivity index (χ2v) is 2.97. The molecule has 15 heavy (non-hydrogen) atoms. The fraction of sp³-hybridized carbons (Fsp3) is 0.125. The normalized spacial score (nSPS) is 11.5. The van der Waals surface area contributed by atoms with E-state index >= 15 is 0 Å². The summed E-state index contributed by atoms with van der Waals surface area (Å²) in [4.78, 5) is 10.4. The van der Waals surface area contributed by atoms with Gasteiger partial charge in [-0.3, -0.25) is 0 Å². The zero-order valence-electron chi connectivity index (χ0n) is 6.90. The van der Waals surface area contributed by atoms with Gasteiger partial charge < -0.3 is 5.11 Å². The van der Waals surface area contributed by atoms with Crippen molar-refractivity contribution in [1.29, 1.82) is 0 Å². The molecule has 0 aromatic heterocycles. The van der Waals surface area contributed by atoms with Crippen molar-refractivity contribution in [1.82, 2.24) is 0 Å². The number of carboxylic acids is 1. The Labute approximate surface area is 86.1 Å². The lowest BCUT2D eigenvalue weighted by atomic mass is 10.1. The van der Waals surface area contributed by atoms with E-state index in [0.717, 1.165) is 0 Å². The van der Waals surface area contributed by atoms with E-state index in [1.165, 1.54) is 0 Å². The number of benzene rings is 1. The molecule has 1 aromatic rings. The molecule has 0 amide bonds. The van der Waals surface area contributed by atoms with E-state index in [1.807, 2.05) is 0 Å². The highest BCUT2D eigenvalue weighted by Gasteiger charge is 2.35. The molecule has 0 aliphatic heterocycles. The van der Waals surface area contributed by atoms with Crippen molar-refractivity contribution in [2.24, 2.45) is 0 Å². The van der Waals surface area contributed by atoms with E-state index in [4.69, 9.17) is 16.7 Å². The van der Waals surface area contributed by atoms with Gasteiger partial charge in [0.2, 0.25) is 0 Å². The maximum absolute atomic E-state index is 13.0. The maximum Gasteiger partial charge on any atom is 0.417 e. The van der Waals surface area contributed by atoms with Gasteiger partial charge in [0, 0.05) is 0 Å². The van der Waals surface area contributed by atoms with Crippen molar-refractivity contribution in [3.05, 3.63) is 34.1 Å². The molecule has 0 heterocycles. The molecule has 0 spiro atoms. The second-order valence-electron chi connectivity index (χ2n) is 2.59. The molecule has 2 nitrogen and oxygen atoms in total. The Bertz CT molecular complexity index is 414. The van der Waals surface area contributed by atoms with Crippen LogP contribution in [0.4, 0.5) is 17.6 Å². The molecule has 0 bridgehead atoms. The molecule has 0 aliphatic rings. The van der Waals surface area contributed by atoms with E-state index in [2.05, 4.69) is 0 Å². The van der Waals surface area contributed by atoms with E-state index in [1.54, 1.807) is 0 Å². The fourth-order valence-electron chi connectivity index (χ4n) is 0.934. The smallest absolute Gasteiger partial charge is 0.417 e. The minimum atomic E-state index is -4.81. The molecule has 82 valence electrons. The lowest BCUT2D eigenvalue weighted by molar-refractivity contribution is -0.137. The van der Waals surface area contributed by atoms with Crippen LogP contribution in [0.1, 0.15) is 15.9 Å². The molecule has 0 unspecified atom stereocenters. The van der Waals surface area contributed by atoms with E-state index in [-0.39, 0.29) is 0 Å². The van der Waals surface area contributed by atoms with Crippen LogP contribution >= 0.6 is 11.6 Å². The van der Waals surface area contributed by atoms with Gasteiger partial charge in [-0.05, 0) is 12.1 Å². The largest absolute Gasteiger partial charge is 0.478 e. The topological polar surface area (TPSA) is 37.3 Å². The third-order valence-corrected chi connectivity index (χ3v) is 1.99. The Kier molecular flexibility index (Phi) is 2.90. The van der Waals surface area contributed by atoms with Crippen LogP contribution in [0.2, 0.25) is 5.02 Å². The summed E-state index contributed by atoms with van der Waals surface area (Å²) in [6.45, 7) is 0. The van der Waals surface area contributed by atoms with Crippen LogP contribution in [0, 0.1) is 5.82 Å². The van der Waals surface area contributed by atoms with Crippen molar-refractivity contribution in [3.63, 3.8) is 0 Å². The number of hydrogen-bond donors (Lipinski definition) is 1. The average molecular weight is 243 g/mol. The molecule has 0 atom stereocenters. The summed E-state index contributed by atoms with van der Waals surface area (Å²) in [5.74, 6) is -3.26. The number of hydrogen-bond acceptors (Lipinski definition) is 1. The van der Waals surface area contributed by atoms with E-state index < -0.39 is 34.1 Å². The Hall–Kier alpha value is -1.30. The summed E-state index contributed by atoms with van der Waals surface area (Å²) in [5.41, 5.74) is -2.29. The molecule has 7 heteroatoms. The highest BCUT2D eigenvalue weighted by atomic mass is 35.5. The van der Waals surface area contributed by atoms with Crippen molar-refractivity contribution in [2.75, 3.05) is 0 Å². The second kappa shape index (κ2) is 3.69. The van der Waals surface area contributed by atoms with E-state index in [0.29, 0.717) is 12.1 Å². The Morgan fingerprint density at radius 1 is 1.33 bits per heavy atom. The monoisotopic (exact) mass is 242 g/mol. The average Bonchev–Trinajstić information content (AvgIpc) is 2.06. The van der Waals surface area contributed by atoms with Crippen molar-refractivity contribution in [2.45, 2.75) is 6.18 Å². The Morgan fingerprint density at radius 3 is 2.27 bits per heavy atom. The van der Waals surface area contributed by atoms with Gasteiger partial charge in [-0.2, -0.15) is 13.2 Å². The number of rotatable bonds is 1. The minimum Gasteiger partial charge on any atom is -0.478 e. The summed E-state index contributed by atoms with van der Waals surface area (Å²) < 4.78 is 49.5. The number of halogens is 5. The third-order valence-electron chi connectivity index (χ3n) is 1.62. The molecule has 0 saturated carbocycles. The lowest BCUT2D eigenvalue weighted by Gasteiger charge is -2.10. The summed E-state index contributed by atoms with van der Waals surface area (Å²) in [6, 6.07) is 0.946. The molecule has 0 saturated heterocycles. The lowest BCUT2D eigenvalue weighted by Crippen LogP contribution is -2.10. The highest BCUT2D eigenvalue weighted by Crippen LogP contribution is 2.36. The zero-order valence-corrected chi connectivity index (χ0v) is 7.66. The van der Waals surface area contributed by atoms with Crippen LogP contribution in [-0.2, 0) is 6.18 Å². The third kappa shape index (κ3) is 2.20. The first kappa shape index (κ1) is 11.8. The standard InChI is InChI=1S/C8H3ClF4O2/c9-5-4(8(11,12)13)2-1-3(6(5)10)7(14)15/h1-2H,(H,14,15). The van der Waals surface area contributed by atoms with Crippen LogP contribution in [0.25, 0.3) is 0 Å². The predicted octanol–water partition coefficient (Wildman–Crippen LogP) is 3.20. The van der Waals surface area contributed by atoms with Gasteiger partial charge in [-0.1, -0.05) is 11.6 Å². The summed E-state index contributed by atoms with van der Waals surface area (Å²) in [6.07, 6.45) is -4.81. The minimum absolute atomic E-state index is 0.425. The van der Waals surface area contributed by atoms with Gasteiger partial charge in [0.1, 0.15) is 0 Å². The Morgan fingerprint density at radius 2 is 1.87 bits per heavy atom. The van der Waals surface area contributed by atoms with Crippen molar-refractivity contribution in [3.8, 4) is 0 Å². The van der Waals surface area contributed by atoms with Gasteiger partial charge in [-0.25, -0.2) is 9.18 Å². The molecule has 1 aromatic carbocycles. The first-order valence-electron chi connectivity index (χ1n) is 3.53. The van der Waals surface area contributed by atoms with Gasteiger partial charge in [-0.15, -0.1) is 0 Å². The summed E-state index contributed by atoms with van der Waals surface area (Å²) in [7, 11) is 0. The van der Waals surface area contributed by atoms with Crippen LogP contribution in [0.5, 0.6) is 0 Å². The molecule has 1 rings (SSSR count). The first-order valence-corrected chi connectivity index (χ1v) is 3.91. The van der Waals surface area contributed by atoms with Crippen LogP contribution in [0.15, 0.2) is 12.1 Å². The van der Waals surface area contributed by atoms with Crippen LogP contribution < -0.4 is 0 Å². The van der Waals surface area contributed by atoms with Gasteiger partial charge in [0.05, 0.1) is 16.1 Å². The van der Waals surface area contributed by atoms with Gasteiger partial charge >= 0.3 is 12.1 Å². The summed E-state index contributed by atoms with van der Waals surface area (Å²) in [5, 5.41) is 7.17. The SMILES string of the molecule is O=C(O)c1ccc(C(F)(F)F)c(Cl)c1F. The van der Waals surface area contributed by atoms with Gasteiger partial charge in [0.25, 0.3) is 0 Å². The van der Waals surface area contributed by atoms with E-state index in [9.17, 15) is 22.4 Å². The molecular weight excluding hydrogens is 240 g/mol.